The SMILES string of the molecule is CN(CCNC(=O)c1ncc2c(=O)n(Cc3ccccc3)ccc2c1O)C(=O)OC(C)(C)C. The molecule has 0 atom stereocenters. The molecule has 0 fully saturated rings. The van der Waals surface area contributed by atoms with Gasteiger partial charge in [0.1, 0.15) is 5.60 Å². The Balaban J connectivity index is 1.70. The van der Waals surface area contributed by atoms with Crippen molar-refractivity contribution in [3.05, 3.63) is 70.4 Å². The van der Waals surface area contributed by atoms with Crippen molar-refractivity contribution in [3.63, 3.8) is 0 Å². The van der Waals surface area contributed by atoms with Crippen LogP contribution in [0.15, 0.2) is 53.6 Å². The molecule has 174 valence electrons. The van der Waals surface area contributed by atoms with E-state index in [2.05, 4.69) is 10.3 Å². The molecular formula is C24H28N4O5. The van der Waals surface area contributed by atoms with Crippen LogP contribution in [0.2, 0.25) is 0 Å². The first-order valence-electron chi connectivity index (χ1n) is 10.5. The Morgan fingerprint density at radius 2 is 1.85 bits per heavy atom. The molecule has 9 nitrogen and oxygen atoms in total. The molecule has 3 aromatic rings. The first-order valence-corrected chi connectivity index (χ1v) is 10.5. The van der Waals surface area contributed by atoms with E-state index in [1.54, 1.807) is 40.1 Å². The summed E-state index contributed by atoms with van der Waals surface area (Å²) in [5.74, 6) is -0.977. The molecule has 0 bridgehead atoms. The van der Waals surface area contributed by atoms with Gasteiger partial charge in [-0.25, -0.2) is 9.78 Å². The van der Waals surface area contributed by atoms with Crippen LogP contribution in [0.3, 0.4) is 0 Å². The molecule has 0 aliphatic heterocycles. The molecule has 9 heteroatoms. The van der Waals surface area contributed by atoms with Crippen LogP contribution in [0.1, 0.15) is 36.8 Å². The van der Waals surface area contributed by atoms with Crippen LogP contribution in [0.25, 0.3) is 10.8 Å². The van der Waals surface area contributed by atoms with Crippen LogP contribution in [0.4, 0.5) is 4.79 Å². The van der Waals surface area contributed by atoms with Gasteiger partial charge < -0.3 is 24.6 Å². The lowest BCUT2D eigenvalue weighted by molar-refractivity contribution is 0.0299. The van der Waals surface area contributed by atoms with Crippen molar-refractivity contribution < 1.29 is 19.4 Å². The second kappa shape index (κ2) is 9.72. The molecule has 0 saturated heterocycles. The monoisotopic (exact) mass is 452 g/mol. The Morgan fingerprint density at radius 1 is 1.15 bits per heavy atom. The number of carbonyl (C=O) groups is 2. The van der Waals surface area contributed by atoms with E-state index in [9.17, 15) is 19.5 Å². The highest BCUT2D eigenvalue weighted by Crippen LogP contribution is 2.25. The van der Waals surface area contributed by atoms with Crippen LogP contribution in [-0.4, -0.2) is 57.3 Å². The zero-order chi connectivity index (χ0) is 24.2. The predicted molar refractivity (Wildman–Crippen MR) is 124 cm³/mol. The van der Waals surface area contributed by atoms with Crippen LogP contribution >= 0.6 is 0 Å². The first kappa shape index (κ1) is 23.8. The van der Waals surface area contributed by atoms with Gasteiger partial charge in [0, 0.05) is 37.9 Å². The van der Waals surface area contributed by atoms with Gasteiger partial charge in [0.05, 0.1) is 11.9 Å². The maximum Gasteiger partial charge on any atom is 0.410 e. The number of rotatable bonds is 6. The van der Waals surface area contributed by atoms with E-state index in [-0.39, 0.29) is 40.9 Å². The summed E-state index contributed by atoms with van der Waals surface area (Å²) in [4.78, 5) is 42.7. The second-order valence-electron chi connectivity index (χ2n) is 8.67. The molecule has 2 amide bonds. The maximum absolute atomic E-state index is 12.8. The number of aromatic hydroxyl groups is 1. The molecule has 0 spiro atoms. The highest BCUT2D eigenvalue weighted by molar-refractivity contribution is 6.01. The summed E-state index contributed by atoms with van der Waals surface area (Å²) >= 11 is 0. The largest absolute Gasteiger partial charge is 0.505 e. The standard InChI is InChI=1S/C24H28N4O5/c1-24(2,3)33-23(32)27(4)13-11-25-21(30)19-20(29)17-10-12-28(22(31)18(17)14-26-19)15-16-8-6-5-7-9-16/h5-10,12,14,29H,11,13,15H2,1-4H3,(H,25,30). The summed E-state index contributed by atoms with van der Waals surface area (Å²) in [6, 6.07) is 11.1. The normalized spacial score (nSPS) is 11.3. The number of likely N-dealkylation sites (N-methyl/N-ethyl adjacent to an activating group) is 1. The Kier molecular flexibility index (Phi) is 7.01. The molecule has 2 heterocycles. The van der Waals surface area contributed by atoms with E-state index < -0.39 is 17.6 Å². The number of hydrogen-bond donors (Lipinski definition) is 2. The summed E-state index contributed by atoms with van der Waals surface area (Å²) in [7, 11) is 1.56. The summed E-state index contributed by atoms with van der Waals surface area (Å²) in [5.41, 5.74) is -0.161. The van der Waals surface area contributed by atoms with Crippen molar-refractivity contribution in [1.82, 2.24) is 19.8 Å². The van der Waals surface area contributed by atoms with Crippen molar-refractivity contribution >= 4 is 22.8 Å². The lowest BCUT2D eigenvalue weighted by atomic mass is 10.1. The average Bonchev–Trinajstić information content (AvgIpc) is 2.75. The zero-order valence-corrected chi connectivity index (χ0v) is 19.2. The molecule has 3 rings (SSSR count). The molecule has 0 unspecified atom stereocenters. The maximum atomic E-state index is 12.8. The van der Waals surface area contributed by atoms with E-state index >= 15 is 0 Å². The number of hydrogen-bond acceptors (Lipinski definition) is 6. The molecule has 2 N–H and O–H groups in total. The number of fused-ring (bicyclic) bond motifs is 1. The predicted octanol–water partition coefficient (Wildman–Crippen LogP) is 2.75. The molecule has 0 saturated carbocycles. The summed E-state index contributed by atoms with van der Waals surface area (Å²) in [5, 5.41) is 13.7. The van der Waals surface area contributed by atoms with Gasteiger partial charge in [0.2, 0.25) is 0 Å². The van der Waals surface area contributed by atoms with Gasteiger partial charge in [0.25, 0.3) is 11.5 Å². The van der Waals surface area contributed by atoms with E-state index in [1.807, 2.05) is 30.3 Å². The molecule has 1 aromatic carbocycles. The minimum atomic E-state index is -0.616. The number of nitrogens with one attached hydrogen (secondary N) is 1. The van der Waals surface area contributed by atoms with Crippen LogP contribution < -0.4 is 10.9 Å². The van der Waals surface area contributed by atoms with Gasteiger partial charge >= 0.3 is 6.09 Å². The number of benzene rings is 1. The van der Waals surface area contributed by atoms with Gasteiger partial charge in [-0.1, -0.05) is 30.3 Å². The summed E-state index contributed by atoms with van der Waals surface area (Å²) < 4.78 is 6.78. The topological polar surface area (TPSA) is 114 Å². The van der Waals surface area contributed by atoms with E-state index in [4.69, 9.17) is 4.74 Å². The van der Waals surface area contributed by atoms with Gasteiger partial charge in [-0.15, -0.1) is 0 Å². The fourth-order valence-electron chi connectivity index (χ4n) is 3.16. The smallest absolute Gasteiger partial charge is 0.410 e. The highest BCUT2D eigenvalue weighted by Gasteiger charge is 2.21. The number of aromatic nitrogens is 2. The third-order valence-electron chi connectivity index (χ3n) is 4.85. The number of pyridine rings is 2. The minimum Gasteiger partial charge on any atom is -0.505 e. The zero-order valence-electron chi connectivity index (χ0n) is 19.2. The van der Waals surface area contributed by atoms with Gasteiger partial charge in [-0.2, -0.15) is 0 Å². The Hall–Kier alpha value is -3.88. The number of ether oxygens (including phenoxy) is 1. The van der Waals surface area contributed by atoms with Crippen molar-refractivity contribution in [3.8, 4) is 5.75 Å². The molecule has 33 heavy (non-hydrogen) atoms. The quantitative estimate of drug-likeness (QED) is 0.595. The van der Waals surface area contributed by atoms with Gasteiger partial charge in [-0.3, -0.25) is 9.59 Å². The first-order chi connectivity index (χ1) is 15.6. The molecular weight excluding hydrogens is 424 g/mol. The summed E-state index contributed by atoms with van der Waals surface area (Å²) in [6.45, 7) is 6.02. The van der Waals surface area contributed by atoms with Crippen molar-refractivity contribution in [1.29, 1.82) is 0 Å². The third kappa shape index (κ3) is 5.88. The van der Waals surface area contributed by atoms with Crippen LogP contribution in [0, 0.1) is 0 Å². The fraction of sp³-hybridized carbons (Fsp3) is 0.333. The lowest BCUT2D eigenvalue weighted by Crippen LogP contribution is -2.39. The average molecular weight is 453 g/mol. The number of nitrogens with zero attached hydrogens (tertiary/aromatic N) is 3. The van der Waals surface area contributed by atoms with Crippen molar-refractivity contribution in [2.75, 3.05) is 20.1 Å². The molecule has 2 aromatic heterocycles. The Bertz CT molecular complexity index is 1220. The van der Waals surface area contributed by atoms with Crippen molar-refractivity contribution in [2.45, 2.75) is 32.9 Å². The van der Waals surface area contributed by atoms with Gasteiger partial charge in [-0.05, 0) is 32.4 Å². The highest BCUT2D eigenvalue weighted by atomic mass is 16.6. The van der Waals surface area contributed by atoms with E-state index in [0.717, 1.165) is 5.56 Å². The van der Waals surface area contributed by atoms with Crippen LogP contribution in [-0.2, 0) is 11.3 Å². The Labute approximate surface area is 191 Å². The molecule has 0 aliphatic rings. The third-order valence-corrected chi connectivity index (χ3v) is 4.85. The van der Waals surface area contributed by atoms with E-state index in [0.29, 0.717) is 6.54 Å². The second-order valence-corrected chi connectivity index (χ2v) is 8.67. The van der Waals surface area contributed by atoms with Gasteiger partial charge in [0.15, 0.2) is 11.4 Å². The molecule has 0 aliphatic carbocycles. The van der Waals surface area contributed by atoms with Crippen molar-refractivity contribution in [2.24, 2.45) is 0 Å². The number of carbonyl (C=O) groups excluding carboxylic acids is 2. The molecule has 0 radical (unpaired) electrons. The minimum absolute atomic E-state index is 0.131. The number of amides is 2. The summed E-state index contributed by atoms with van der Waals surface area (Å²) in [6.07, 6.45) is 2.37. The van der Waals surface area contributed by atoms with Crippen LogP contribution in [0.5, 0.6) is 5.75 Å². The van der Waals surface area contributed by atoms with E-state index in [1.165, 1.54) is 15.7 Å². The lowest BCUT2D eigenvalue weighted by Gasteiger charge is -2.24. The fourth-order valence-corrected chi connectivity index (χ4v) is 3.16. The Morgan fingerprint density at radius 3 is 2.52 bits per heavy atom.